The van der Waals surface area contributed by atoms with Crippen molar-refractivity contribution >= 4 is 11.6 Å². The number of rotatable bonds is 5. The van der Waals surface area contributed by atoms with Gasteiger partial charge in [0.25, 0.3) is 0 Å². The standard InChI is InChI=1S/C17H23N3O3/c1-13-5-4-6-14(11-13)12-16(21)23-10-9-20-17(22)19-8-3-2-7-15(19)18-20/h2-3,7-8,13-14H,4-6,9-12H2,1H3. The summed E-state index contributed by atoms with van der Waals surface area (Å²) in [6.45, 7) is 2.71. The van der Waals surface area contributed by atoms with E-state index in [1.165, 1.54) is 21.9 Å². The molecule has 3 rings (SSSR count). The van der Waals surface area contributed by atoms with E-state index in [-0.39, 0.29) is 24.8 Å². The summed E-state index contributed by atoms with van der Waals surface area (Å²) in [5, 5.41) is 4.21. The summed E-state index contributed by atoms with van der Waals surface area (Å²) in [5.74, 6) is 0.989. The van der Waals surface area contributed by atoms with E-state index in [0.29, 0.717) is 23.9 Å². The van der Waals surface area contributed by atoms with Crippen LogP contribution in [-0.2, 0) is 16.1 Å². The number of aromatic nitrogens is 3. The third kappa shape index (κ3) is 3.81. The van der Waals surface area contributed by atoms with Crippen molar-refractivity contribution in [2.75, 3.05) is 6.61 Å². The number of hydrogen-bond acceptors (Lipinski definition) is 4. The van der Waals surface area contributed by atoms with Crippen molar-refractivity contribution in [2.24, 2.45) is 11.8 Å². The Labute approximate surface area is 135 Å². The minimum Gasteiger partial charge on any atom is -0.464 e. The molecular formula is C17H23N3O3. The lowest BCUT2D eigenvalue weighted by Gasteiger charge is -2.25. The van der Waals surface area contributed by atoms with Crippen molar-refractivity contribution < 1.29 is 9.53 Å². The fourth-order valence-corrected chi connectivity index (χ4v) is 3.40. The van der Waals surface area contributed by atoms with Crippen LogP contribution in [0.4, 0.5) is 0 Å². The maximum Gasteiger partial charge on any atom is 0.350 e. The Morgan fingerprint density at radius 2 is 2.26 bits per heavy atom. The number of carbonyl (C=O) groups is 1. The number of esters is 1. The van der Waals surface area contributed by atoms with E-state index in [1.807, 2.05) is 6.07 Å². The zero-order valence-corrected chi connectivity index (χ0v) is 13.5. The second-order valence-corrected chi connectivity index (χ2v) is 6.50. The Balaban J connectivity index is 1.49. The Morgan fingerprint density at radius 3 is 3.04 bits per heavy atom. The molecule has 124 valence electrons. The molecule has 2 atom stereocenters. The van der Waals surface area contributed by atoms with Gasteiger partial charge in [-0.05, 0) is 36.8 Å². The van der Waals surface area contributed by atoms with Gasteiger partial charge in [-0.25, -0.2) is 9.48 Å². The van der Waals surface area contributed by atoms with Crippen molar-refractivity contribution in [3.05, 3.63) is 34.9 Å². The van der Waals surface area contributed by atoms with E-state index in [0.717, 1.165) is 12.8 Å². The van der Waals surface area contributed by atoms with E-state index in [1.54, 1.807) is 18.3 Å². The second-order valence-electron chi connectivity index (χ2n) is 6.50. The zero-order chi connectivity index (χ0) is 16.2. The normalized spacial score (nSPS) is 21.4. The summed E-state index contributed by atoms with van der Waals surface area (Å²) in [6.07, 6.45) is 6.87. The van der Waals surface area contributed by atoms with Crippen molar-refractivity contribution in [3.8, 4) is 0 Å². The zero-order valence-electron chi connectivity index (χ0n) is 13.5. The van der Waals surface area contributed by atoms with Gasteiger partial charge in [-0.2, -0.15) is 0 Å². The minimum atomic E-state index is -0.210. The van der Waals surface area contributed by atoms with Gasteiger partial charge < -0.3 is 4.74 Å². The minimum absolute atomic E-state index is 0.166. The van der Waals surface area contributed by atoms with Gasteiger partial charge >= 0.3 is 11.7 Å². The van der Waals surface area contributed by atoms with Crippen molar-refractivity contribution in [3.63, 3.8) is 0 Å². The first-order valence-electron chi connectivity index (χ1n) is 8.33. The molecule has 2 unspecified atom stereocenters. The molecular weight excluding hydrogens is 294 g/mol. The first-order chi connectivity index (χ1) is 11.1. The average Bonchev–Trinajstić information content (AvgIpc) is 2.84. The maximum atomic E-state index is 12.1. The molecule has 0 amide bonds. The van der Waals surface area contributed by atoms with Crippen LogP contribution in [0.25, 0.3) is 5.65 Å². The van der Waals surface area contributed by atoms with E-state index < -0.39 is 0 Å². The molecule has 0 aromatic carbocycles. The van der Waals surface area contributed by atoms with Gasteiger partial charge in [-0.3, -0.25) is 9.20 Å². The summed E-state index contributed by atoms with van der Waals surface area (Å²) >= 11 is 0. The van der Waals surface area contributed by atoms with Crippen molar-refractivity contribution in [1.29, 1.82) is 0 Å². The fourth-order valence-electron chi connectivity index (χ4n) is 3.40. The summed E-state index contributed by atoms with van der Waals surface area (Å²) in [7, 11) is 0. The molecule has 6 heteroatoms. The van der Waals surface area contributed by atoms with E-state index in [9.17, 15) is 9.59 Å². The van der Waals surface area contributed by atoms with Crippen molar-refractivity contribution in [2.45, 2.75) is 45.6 Å². The monoisotopic (exact) mass is 317 g/mol. The summed E-state index contributed by atoms with van der Waals surface area (Å²) < 4.78 is 8.10. The molecule has 1 aliphatic carbocycles. The Kier molecular flexibility index (Phi) is 4.79. The van der Waals surface area contributed by atoms with Crippen LogP contribution in [0.1, 0.15) is 39.0 Å². The van der Waals surface area contributed by atoms with Crippen LogP contribution in [0.2, 0.25) is 0 Å². The van der Waals surface area contributed by atoms with Crippen LogP contribution in [0.15, 0.2) is 29.2 Å². The van der Waals surface area contributed by atoms with Gasteiger partial charge in [0, 0.05) is 12.6 Å². The summed E-state index contributed by atoms with van der Waals surface area (Å²) in [5.41, 5.74) is 0.387. The maximum absolute atomic E-state index is 12.1. The Hall–Kier alpha value is -2.11. The van der Waals surface area contributed by atoms with Gasteiger partial charge in [0.1, 0.15) is 6.61 Å². The number of hydrogen-bond donors (Lipinski definition) is 0. The topological polar surface area (TPSA) is 65.6 Å². The molecule has 1 aliphatic rings. The van der Waals surface area contributed by atoms with Crippen LogP contribution >= 0.6 is 0 Å². The van der Waals surface area contributed by atoms with Gasteiger partial charge in [-0.15, -0.1) is 5.10 Å². The first-order valence-corrected chi connectivity index (χ1v) is 8.33. The molecule has 2 aromatic rings. The number of pyridine rings is 1. The molecule has 0 saturated heterocycles. The lowest BCUT2D eigenvalue weighted by Crippen LogP contribution is -2.24. The van der Waals surface area contributed by atoms with Crippen LogP contribution in [0.3, 0.4) is 0 Å². The highest BCUT2D eigenvalue weighted by Gasteiger charge is 2.21. The lowest BCUT2D eigenvalue weighted by molar-refractivity contribution is -0.145. The molecule has 1 fully saturated rings. The smallest absolute Gasteiger partial charge is 0.350 e. The summed E-state index contributed by atoms with van der Waals surface area (Å²) in [4.78, 5) is 24.0. The average molecular weight is 317 g/mol. The SMILES string of the molecule is CC1CCCC(CC(=O)OCCn2nc3ccccn3c2=O)C1. The number of nitrogens with zero attached hydrogens (tertiary/aromatic N) is 3. The van der Waals surface area contributed by atoms with Crippen LogP contribution in [0.5, 0.6) is 0 Å². The highest BCUT2D eigenvalue weighted by Crippen LogP contribution is 2.30. The van der Waals surface area contributed by atoms with E-state index >= 15 is 0 Å². The molecule has 0 bridgehead atoms. The number of carbonyl (C=O) groups excluding carboxylic acids is 1. The number of ether oxygens (including phenoxy) is 1. The van der Waals surface area contributed by atoms with Crippen LogP contribution < -0.4 is 5.69 Å². The third-order valence-electron chi connectivity index (χ3n) is 4.55. The fraction of sp³-hybridized carbons (Fsp3) is 0.588. The highest BCUT2D eigenvalue weighted by atomic mass is 16.5. The largest absolute Gasteiger partial charge is 0.464 e. The predicted molar refractivity (Wildman–Crippen MR) is 86.2 cm³/mol. The molecule has 6 nitrogen and oxygen atoms in total. The van der Waals surface area contributed by atoms with Crippen molar-refractivity contribution in [1.82, 2.24) is 14.2 Å². The van der Waals surface area contributed by atoms with E-state index in [2.05, 4.69) is 12.0 Å². The molecule has 1 saturated carbocycles. The van der Waals surface area contributed by atoms with Gasteiger partial charge in [0.2, 0.25) is 0 Å². The second kappa shape index (κ2) is 6.98. The molecule has 0 N–H and O–H groups in total. The molecule has 0 radical (unpaired) electrons. The Bertz CT molecular complexity index is 734. The van der Waals surface area contributed by atoms with Gasteiger partial charge in [0.15, 0.2) is 5.65 Å². The molecule has 0 spiro atoms. The molecule has 23 heavy (non-hydrogen) atoms. The first kappa shape index (κ1) is 15.8. The van der Waals surface area contributed by atoms with Crippen LogP contribution in [0, 0.1) is 11.8 Å². The molecule has 0 aliphatic heterocycles. The third-order valence-corrected chi connectivity index (χ3v) is 4.55. The predicted octanol–water partition coefficient (Wildman–Crippen LogP) is 2.26. The van der Waals surface area contributed by atoms with Gasteiger partial charge in [0.05, 0.1) is 6.54 Å². The van der Waals surface area contributed by atoms with Gasteiger partial charge in [-0.1, -0.05) is 25.8 Å². The molecule has 2 aromatic heterocycles. The van der Waals surface area contributed by atoms with Crippen LogP contribution in [-0.4, -0.2) is 26.8 Å². The highest BCUT2D eigenvalue weighted by molar-refractivity contribution is 5.69. The number of fused-ring (bicyclic) bond motifs is 1. The van der Waals surface area contributed by atoms with E-state index in [4.69, 9.17) is 4.74 Å². The molecule has 2 heterocycles. The Morgan fingerprint density at radius 1 is 1.39 bits per heavy atom. The summed E-state index contributed by atoms with van der Waals surface area (Å²) in [6, 6.07) is 5.39. The lowest BCUT2D eigenvalue weighted by atomic mass is 9.81. The quantitative estimate of drug-likeness (QED) is 0.793.